The van der Waals surface area contributed by atoms with Crippen molar-refractivity contribution in [3.8, 4) is 39.8 Å². The third-order valence-corrected chi connectivity index (χ3v) is 11.1. The maximum atomic E-state index is 6.58. The number of aromatic nitrogens is 5. The lowest BCUT2D eigenvalue weighted by Crippen LogP contribution is -2.00. The van der Waals surface area contributed by atoms with Crippen LogP contribution in [-0.4, -0.2) is 23.9 Å². The molecule has 0 unspecified atom stereocenters. The Morgan fingerprint density at radius 2 is 1.00 bits per heavy atom. The van der Waals surface area contributed by atoms with Crippen LogP contribution in [0.25, 0.3) is 105 Å². The van der Waals surface area contributed by atoms with Crippen LogP contribution in [0.15, 0.2) is 192 Å². The molecule has 4 aromatic heterocycles. The van der Waals surface area contributed by atoms with E-state index in [9.17, 15) is 0 Å². The molecule has 0 aliphatic carbocycles. The third kappa shape index (κ3) is 4.50. The number of para-hydroxylation sites is 4. The molecule has 262 valence electrons. The minimum Gasteiger partial charge on any atom is -0.455 e. The highest BCUT2D eigenvalue weighted by Crippen LogP contribution is 2.41. The molecular weight excluding hydrogens is 687 g/mol. The molecule has 0 fully saturated rings. The number of hydrogen-bond acceptors (Lipinski definition) is 3. The maximum absolute atomic E-state index is 6.58. The number of hydrogen-bond donors (Lipinski definition) is 0. The molecular formula is C50H31N5O. The fourth-order valence-electron chi connectivity index (χ4n) is 8.63. The molecule has 12 rings (SSSR count). The highest BCUT2D eigenvalue weighted by molar-refractivity contribution is 6.23. The maximum Gasteiger partial charge on any atom is 0.182 e. The highest BCUT2D eigenvalue weighted by atomic mass is 16.3. The van der Waals surface area contributed by atoms with Crippen molar-refractivity contribution in [1.29, 1.82) is 0 Å². The van der Waals surface area contributed by atoms with Crippen molar-refractivity contribution in [1.82, 2.24) is 23.9 Å². The summed E-state index contributed by atoms with van der Waals surface area (Å²) < 4.78 is 13.3. The summed E-state index contributed by atoms with van der Waals surface area (Å²) in [5, 5.41) is 12.0. The monoisotopic (exact) mass is 717 g/mol. The van der Waals surface area contributed by atoms with Crippen molar-refractivity contribution in [3.63, 3.8) is 0 Å². The number of furan rings is 1. The third-order valence-electron chi connectivity index (χ3n) is 11.1. The summed E-state index contributed by atoms with van der Waals surface area (Å²) >= 11 is 0. The lowest BCUT2D eigenvalue weighted by molar-refractivity contribution is 0.673. The van der Waals surface area contributed by atoms with Crippen molar-refractivity contribution < 1.29 is 4.42 Å². The van der Waals surface area contributed by atoms with Gasteiger partial charge in [-0.15, -0.1) is 5.10 Å². The highest BCUT2D eigenvalue weighted by Gasteiger charge is 2.21. The predicted molar refractivity (Wildman–Crippen MR) is 228 cm³/mol. The van der Waals surface area contributed by atoms with Gasteiger partial charge in [0, 0.05) is 49.4 Å². The van der Waals surface area contributed by atoms with E-state index in [0.717, 1.165) is 88.8 Å². The molecule has 56 heavy (non-hydrogen) atoms. The van der Waals surface area contributed by atoms with Gasteiger partial charge in [-0.05, 0) is 66.7 Å². The van der Waals surface area contributed by atoms with E-state index < -0.39 is 0 Å². The SMILES string of the molecule is c1ccc(-c2nc(-c3ccc4c5ccccc5n(-c5cccc(-n6c7ccccc7c7c8oc9ccccc9c8ccc76)c5)c4c3)n(-c3ccccc3)n2)cc1. The van der Waals surface area contributed by atoms with Gasteiger partial charge in [0.05, 0.1) is 33.1 Å². The number of nitrogens with zero attached hydrogens (tertiary/aromatic N) is 5. The summed E-state index contributed by atoms with van der Waals surface area (Å²) in [5.74, 6) is 1.47. The topological polar surface area (TPSA) is 53.7 Å². The minimum absolute atomic E-state index is 0.684. The quantitative estimate of drug-likeness (QED) is 0.178. The number of rotatable bonds is 5. The molecule has 6 nitrogen and oxygen atoms in total. The van der Waals surface area contributed by atoms with Crippen molar-refractivity contribution in [2.24, 2.45) is 0 Å². The van der Waals surface area contributed by atoms with Crippen LogP contribution in [0.5, 0.6) is 0 Å². The van der Waals surface area contributed by atoms with Crippen LogP contribution >= 0.6 is 0 Å². The van der Waals surface area contributed by atoms with Crippen molar-refractivity contribution in [2.75, 3.05) is 0 Å². The van der Waals surface area contributed by atoms with Gasteiger partial charge in [-0.2, -0.15) is 0 Å². The van der Waals surface area contributed by atoms with Crippen LogP contribution in [-0.2, 0) is 0 Å². The van der Waals surface area contributed by atoms with Gasteiger partial charge in [-0.1, -0.05) is 121 Å². The van der Waals surface area contributed by atoms with E-state index in [1.807, 2.05) is 47.1 Å². The van der Waals surface area contributed by atoms with Gasteiger partial charge in [0.2, 0.25) is 0 Å². The largest absolute Gasteiger partial charge is 0.455 e. The lowest BCUT2D eigenvalue weighted by Gasteiger charge is -2.13. The van der Waals surface area contributed by atoms with Gasteiger partial charge < -0.3 is 13.6 Å². The zero-order valence-electron chi connectivity index (χ0n) is 30.0. The Morgan fingerprint density at radius 1 is 0.393 bits per heavy atom. The molecule has 0 aliphatic rings. The van der Waals surface area contributed by atoms with Crippen LogP contribution in [0.1, 0.15) is 0 Å². The van der Waals surface area contributed by atoms with E-state index in [-0.39, 0.29) is 0 Å². The fourth-order valence-corrected chi connectivity index (χ4v) is 8.63. The average Bonchev–Trinajstić information content (AvgIpc) is 4.04. The van der Waals surface area contributed by atoms with Gasteiger partial charge in [0.1, 0.15) is 11.2 Å². The lowest BCUT2D eigenvalue weighted by atomic mass is 10.1. The Kier molecular flexibility index (Phi) is 6.53. The normalized spacial score (nSPS) is 11.9. The van der Waals surface area contributed by atoms with E-state index >= 15 is 0 Å². The molecule has 0 atom stereocenters. The smallest absolute Gasteiger partial charge is 0.182 e. The zero-order valence-corrected chi connectivity index (χ0v) is 30.0. The molecule has 0 bridgehead atoms. The average molecular weight is 718 g/mol. The number of fused-ring (bicyclic) bond motifs is 10. The number of benzene rings is 8. The standard InChI is InChI=1S/C50H31N5O/c1-3-14-32(15-4-1)49-51-50(55(52-49)34-16-5-2-6-17-34)33-26-27-38-37-20-7-10-23-42(37)54(45(38)30-33)36-19-13-18-35(31-36)53-43-24-11-8-22-41(43)47-44(53)29-28-40-39-21-9-12-25-46(39)56-48(40)47/h1-31H. The van der Waals surface area contributed by atoms with E-state index in [0.29, 0.717) is 5.82 Å². The van der Waals surface area contributed by atoms with E-state index in [1.165, 1.54) is 10.8 Å². The first-order valence-corrected chi connectivity index (χ1v) is 18.8. The minimum atomic E-state index is 0.684. The molecule has 0 aliphatic heterocycles. The first-order valence-electron chi connectivity index (χ1n) is 18.8. The van der Waals surface area contributed by atoms with Crippen LogP contribution < -0.4 is 0 Å². The molecule has 0 spiro atoms. The molecule has 4 heterocycles. The molecule has 8 aromatic carbocycles. The summed E-state index contributed by atoms with van der Waals surface area (Å²) in [7, 11) is 0. The molecule has 0 amide bonds. The first-order chi connectivity index (χ1) is 27.8. The van der Waals surface area contributed by atoms with E-state index in [1.54, 1.807) is 0 Å². The first kappa shape index (κ1) is 30.7. The van der Waals surface area contributed by atoms with Crippen LogP contribution in [0.4, 0.5) is 0 Å². The molecule has 6 heteroatoms. The second-order valence-corrected chi connectivity index (χ2v) is 14.3. The van der Waals surface area contributed by atoms with Crippen LogP contribution in [0.2, 0.25) is 0 Å². The van der Waals surface area contributed by atoms with Gasteiger partial charge in [-0.3, -0.25) is 0 Å². The predicted octanol–water partition coefficient (Wildman–Crippen LogP) is 12.7. The van der Waals surface area contributed by atoms with Gasteiger partial charge in [0.15, 0.2) is 11.6 Å². The second-order valence-electron chi connectivity index (χ2n) is 14.3. The Morgan fingerprint density at radius 3 is 1.80 bits per heavy atom. The second kappa shape index (κ2) is 11.9. The summed E-state index contributed by atoms with van der Waals surface area (Å²) in [6.07, 6.45) is 0. The fraction of sp³-hybridized carbons (Fsp3) is 0. The van der Waals surface area contributed by atoms with E-state index in [2.05, 4.69) is 155 Å². The zero-order chi connectivity index (χ0) is 36.7. The van der Waals surface area contributed by atoms with Gasteiger partial charge in [0.25, 0.3) is 0 Å². The van der Waals surface area contributed by atoms with Crippen LogP contribution in [0, 0.1) is 0 Å². The Labute approximate surface area is 320 Å². The Hall–Kier alpha value is -7.70. The van der Waals surface area contributed by atoms with Crippen molar-refractivity contribution >= 4 is 65.6 Å². The van der Waals surface area contributed by atoms with Crippen molar-refractivity contribution in [2.45, 2.75) is 0 Å². The molecule has 0 saturated heterocycles. The Balaban J connectivity index is 1.08. The molecule has 0 saturated carbocycles. The summed E-state index contributed by atoms with van der Waals surface area (Å²) in [4.78, 5) is 5.16. The van der Waals surface area contributed by atoms with Gasteiger partial charge >= 0.3 is 0 Å². The van der Waals surface area contributed by atoms with Crippen molar-refractivity contribution in [3.05, 3.63) is 188 Å². The summed E-state index contributed by atoms with van der Waals surface area (Å²) in [6, 6.07) is 66.0. The van der Waals surface area contributed by atoms with Crippen LogP contribution in [0.3, 0.4) is 0 Å². The van der Waals surface area contributed by atoms with Gasteiger partial charge in [-0.25, -0.2) is 9.67 Å². The summed E-state index contributed by atoms with van der Waals surface area (Å²) in [6.45, 7) is 0. The molecule has 0 radical (unpaired) electrons. The molecule has 12 aromatic rings. The summed E-state index contributed by atoms with van der Waals surface area (Å²) in [5.41, 5.74) is 11.3. The Bertz CT molecular complexity index is 3480. The molecule has 0 N–H and O–H groups in total. The van der Waals surface area contributed by atoms with E-state index in [4.69, 9.17) is 14.5 Å².